The first kappa shape index (κ1) is 26.7. The van der Waals surface area contributed by atoms with Gasteiger partial charge in [0.1, 0.15) is 11.4 Å². The highest BCUT2D eigenvalue weighted by Crippen LogP contribution is 2.36. The maximum absolute atomic E-state index is 14.1. The molecule has 5 nitrogen and oxygen atoms in total. The van der Waals surface area contributed by atoms with Crippen molar-refractivity contribution in [3.05, 3.63) is 92.9 Å². The fourth-order valence-corrected chi connectivity index (χ4v) is 4.51. The van der Waals surface area contributed by atoms with Gasteiger partial charge in [-0.15, -0.1) is 0 Å². The van der Waals surface area contributed by atoms with Crippen LogP contribution < -0.4 is 10.1 Å². The van der Waals surface area contributed by atoms with Gasteiger partial charge in [-0.25, -0.2) is 4.39 Å². The zero-order valence-corrected chi connectivity index (χ0v) is 22.0. The number of hydrogen-bond acceptors (Lipinski definition) is 4. The number of furan rings is 1. The van der Waals surface area contributed by atoms with E-state index in [1.807, 2.05) is 0 Å². The molecule has 37 heavy (non-hydrogen) atoms. The molecule has 0 bridgehead atoms. The molecule has 192 valence electrons. The van der Waals surface area contributed by atoms with E-state index < -0.39 is 17.5 Å². The lowest BCUT2D eigenvalue weighted by molar-refractivity contribution is 0.101. The summed E-state index contributed by atoms with van der Waals surface area (Å²) in [5.41, 5.74) is 1.27. The predicted octanol–water partition coefficient (Wildman–Crippen LogP) is 8.63. The van der Waals surface area contributed by atoms with Crippen molar-refractivity contribution in [1.29, 1.82) is 0 Å². The first-order valence-corrected chi connectivity index (χ1v) is 12.8. The number of fused-ring (bicyclic) bond motifs is 1. The highest BCUT2D eigenvalue weighted by Gasteiger charge is 2.25. The number of amides is 1. The molecule has 1 heterocycles. The van der Waals surface area contributed by atoms with Crippen LogP contribution in [-0.2, 0) is 0 Å². The number of unbranched alkanes of at least 4 members (excludes halogenated alkanes) is 3. The van der Waals surface area contributed by atoms with Crippen molar-refractivity contribution in [2.75, 3.05) is 11.9 Å². The molecule has 0 fully saturated rings. The third-order valence-corrected chi connectivity index (χ3v) is 6.54. The normalized spacial score (nSPS) is 11.1. The van der Waals surface area contributed by atoms with Gasteiger partial charge in [-0.05, 0) is 49.2 Å². The molecule has 0 unspecified atom stereocenters. The lowest BCUT2D eigenvalue weighted by Gasteiger charge is -2.12. The van der Waals surface area contributed by atoms with E-state index in [9.17, 15) is 14.0 Å². The third kappa shape index (κ3) is 5.97. The van der Waals surface area contributed by atoms with Gasteiger partial charge in [-0.1, -0.05) is 73.7 Å². The Morgan fingerprint density at radius 1 is 0.973 bits per heavy atom. The van der Waals surface area contributed by atoms with E-state index in [0.717, 1.165) is 31.7 Å². The van der Waals surface area contributed by atoms with Gasteiger partial charge < -0.3 is 14.5 Å². The number of carbonyl (C=O) groups is 2. The zero-order valence-electron chi connectivity index (χ0n) is 20.5. The van der Waals surface area contributed by atoms with Crippen molar-refractivity contribution in [2.45, 2.75) is 39.5 Å². The lowest BCUT2D eigenvalue weighted by atomic mass is 10.0. The van der Waals surface area contributed by atoms with Gasteiger partial charge in [0.25, 0.3) is 5.91 Å². The number of para-hydroxylation sites is 1. The second-order valence-electron chi connectivity index (χ2n) is 8.73. The fraction of sp³-hybridized carbons (Fsp3) is 0.241. The molecule has 0 saturated heterocycles. The molecule has 1 N–H and O–H groups in total. The Morgan fingerprint density at radius 2 is 1.70 bits per heavy atom. The molecule has 4 aromatic rings. The van der Waals surface area contributed by atoms with Gasteiger partial charge >= 0.3 is 0 Å². The molecule has 0 atom stereocenters. The molecule has 8 heteroatoms. The van der Waals surface area contributed by atoms with Crippen molar-refractivity contribution in [1.82, 2.24) is 0 Å². The maximum atomic E-state index is 14.1. The average molecular weight is 542 g/mol. The van der Waals surface area contributed by atoms with Gasteiger partial charge in [-0.3, -0.25) is 9.59 Å². The number of ketones is 1. The summed E-state index contributed by atoms with van der Waals surface area (Å²) in [6, 6.07) is 14.0. The van der Waals surface area contributed by atoms with Crippen LogP contribution in [0.2, 0.25) is 10.0 Å². The van der Waals surface area contributed by atoms with E-state index in [0.29, 0.717) is 28.9 Å². The molecule has 0 aliphatic rings. The Balaban J connectivity index is 1.62. The van der Waals surface area contributed by atoms with E-state index in [4.69, 9.17) is 32.4 Å². The number of carbonyl (C=O) groups excluding carboxylic acids is 2. The predicted molar refractivity (Wildman–Crippen MR) is 145 cm³/mol. The molecule has 4 rings (SSSR count). The van der Waals surface area contributed by atoms with Crippen LogP contribution in [0.4, 0.5) is 10.1 Å². The smallest absolute Gasteiger partial charge is 0.255 e. The highest BCUT2D eigenvalue weighted by molar-refractivity contribution is 6.38. The van der Waals surface area contributed by atoms with Gasteiger partial charge in [0.2, 0.25) is 5.78 Å². The van der Waals surface area contributed by atoms with Crippen molar-refractivity contribution in [2.24, 2.45) is 0 Å². The molecule has 0 saturated carbocycles. The summed E-state index contributed by atoms with van der Waals surface area (Å²) in [4.78, 5) is 26.5. The maximum Gasteiger partial charge on any atom is 0.255 e. The van der Waals surface area contributed by atoms with Gasteiger partial charge in [0.05, 0.1) is 22.3 Å². The van der Waals surface area contributed by atoms with E-state index in [2.05, 4.69) is 12.2 Å². The number of aryl methyl sites for hydroxylation is 1. The quantitative estimate of drug-likeness (QED) is 0.161. The Hall–Kier alpha value is -3.35. The molecule has 3 aromatic carbocycles. The van der Waals surface area contributed by atoms with Crippen molar-refractivity contribution in [3.63, 3.8) is 0 Å². The van der Waals surface area contributed by atoms with Crippen molar-refractivity contribution >= 4 is 51.5 Å². The van der Waals surface area contributed by atoms with Crippen LogP contribution in [0.5, 0.6) is 5.75 Å². The number of hydrogen-bond donors (Lipinski definition) is 1. The second-order valence-corrected chi connectivity index (χ2v) is 9.54. The van der Waals surface area contributed by atoms with Crippen molar-refractivity contribution in [3.8, 4) is 5.75 Å². The molecular formula is C29H26Cl2FNO4. The standard InChI is InChI=1S/C29H26Cl2FNO4/c1-3-4-5-8-13-36-27-21(30)14-19(15-22(27)31)29(35)33-25-20-9-6-7-10-24(20)37-28(25)26(34)18-12-11-17(2)23(32)16-18/h6-7,9-12,14-16H,3-5,8,13H2,1-2H3,(H,33,35). The van der Waals surface area contributed by atoms with Gasteiger partial charge in [0, 0.05) is 16.5 Å². The van der Waals surface area contributed by atoms with Crippen LogP contribution in [0.3, 0.4) is 0 Å². The first-order chi connectivity index (χ1) is 17.8. The van der Waals surface area contributed by atoms with E-state index in [-0.39, 0.29) is 32.6 Å². The van der Waals surface area contributed by atoms with Crippen LogP contribution >= 0.6 is 23.2 Å². The van der Waals surface area contributed by atoms with Crippen LogP contribution in [0.1, 0.15) is 64.6 Å². The Labute approximate surface area is 224 Å². The summed E-state index contributed by atoms with van der Waals surface area (Å²) in [6.45, 7) is 4.21. The third-order valence-electron chi connectivity index (χ3n) is 5.98. The number of anilines is 1. The minimum Gasteiger partial charge on any atom is -0.490 e. The minimum absolute atomic E-state index is 0.101. The summed E-state index contributed by atoms with van der Waals surface area (Å²) >= 11 is 12.8. The summed E-state index contributed by atoms with van der Waals surface area (Å²) in [5, 5.41) is 3.70. The largest absolute Gasteiger partial charge is 0.490 e. The molecule has 0 radical (unpaired) electrons. The average Bonchev–Trinajstić information content (AvgIpc) is 3.24. The SMILES string of the molecule is CCCCCCOc1c(Cl)cc(C(=O)Nc2c(C(=O)c3ccc(C)c(F)c3)oc3ccccc23)cc1Cl. The summed E-state index contributed by atoms with van der Waals surface area (Å²) < 4.78 is 25.7. The minimum atomic E-state index is -0.562. The number of nitrogens with one attached hydrogen (secondary N) is 1. The van der Waals surface area contributed by atoms with Gasteiger partial charge in [-0.2, -0.15) is 0 Å². The molecule has 1 amide bonds. The number of rotatable bonds is 10. The van der Waals surface area contributed by atoms with Crippen LogP contribution in [0.15, 0.2) is 59.0 Å². The van der Waals surface area contributed by atoms with Crippen molar-refractivity contribution < 1.29 is 23.1 Å². The number of halogens is 3. The summed E-state index contributed by atoms with van der Waals surface area (Å²) in [5.74, 6) is -1.41. The van der Waals surface area contributed by atoms with Crippen LogP contribution in [0.25, 0.3) is 11.0 Å². The molecule has 0 aliphatic heterocycles. The zero-order chi connectivity index (χ0) is 26.5. The Bertz CT molecular complexity index is 1440. The highest BCUT2D eigenvalue weighted by atomic mass is 35.5. The Kier molecular flexibility index (Phi) is 8.52. The molecule has 0 spiro atoms. The molecule has 1 aromatic heterocycles. The molecular weight excluding hydrogens is 516 g/mol. The van der Waals surface area contributed by atoms with Gasteiger partial charge in [0.15, 0.2) is 11.5 Å². The topological polar surface area (TPSA) is 68.5 Å². The first-order valence-electron chi connectivity index (χ1n) is 12.1. The summed E-state index contributed by atoms with van der Waals surface area (Å²) in [7, 11) is 0. The van der Waals surface area contributed by atoms with E-state index in [1.54, 1.807) is 31.2 Å². The monoisotopic (exact) mass is 541 g/mol. The van der Waals surface area contributed by atoms with E-state index in [1.165, 1.54) is 24.3 Å². The number of ether oxygens (including phenoxy) is 1. The van der Waals surface area contributed by atoms with E-state index >= 15 is 0 Å². The lowest BCUT2D eigenvalue weighted by Crippen LogP contribution is -2.15. The molecule has 0 aliphatic carbocycles. The van der Waals surface area contributed by atoms with Crippen LogP contribution in [-0.4, -0.2) is 18.3 Å². The second kappa shape index (κ2) is 11.8. The fourth-order valence-electron chi connectivity index (χ4n) is 3.91. The van der Waals surface area contributed by atoms with Crippen LogP contribution in [0, 0.1) is 12.7 Å². The number of benzene rings is 3. The summed E-state index contributed by atoms with van der Waals surface area (Å²) in [6.07, 6.45) is 4.15. The Morgan fingerprint density at radius 3 is 2.41 bits per heavy atom.